The number of thiophene rings is 2. The molecule has 94 valence electrons. The summed E-state index contributed by atoms with van der Waals surface area (Å²) in [6.45, 7) is 0. The molecule has 8 heteroatoms. The fraction of sp³-hybridized carbons (Fsp3) is 0. The molecule has 0 unspecified atom stereocenters. The largest absolute Gasteiger partial charge is 0.477 e. The Hall–Kier alpha value is -0.200. The average Bonchev–Trinajstić information content (AvgIpc) is 2.81. The molecule has 0 fully saturated rings. The Bertz CT molecular complexity index is 588. The lowest BCUT2D eigenvalue weighted by molar-refractivity contribution is 0.0690. The van der Waals surface area contributed by atoms with Crippen molar-refractivity contribution in [2.24, 2.45) is 0 Å². The van der Waals surface area contributed by atoms with E-state index in [0.717, 1.165) is 33.8 Å². The summed E-state index contributed by atoms with van der Waals surface area (Å²) in [4.78, 5) is 22.5. The Morgan fingerprint density at radius 2 is 1.22 bits per heavy atom. The smallest absolute Gasteiger partial charge is 0.346 e. The average molecular weight is 506 g/mol. The molecule has 0 amide bonds. The molecule has 0 saturated heterocycles. The Labute approximate surface area is 137 Å². The lowest BCUT2D eigenvalue weighted by Crippen LogP contribution is -1.96. The van der Waals surface area contributed by atoms with E-state index >= 15 is 0 Å². The van der Waals surface area contributed by atoms with Gasteiger partial charge in [0.25, 0.3) is 0 Å². The van der Waals surface area contributed by atoms with E-state index in [1.165, 1.54) is 0 Å². The van der Waals surface area contributed by atoms with Gasteiger partial charge in [-0.3, -0.25) is 0 Å². The van der Waals surface area contributed by atoms with Crippen LogP contribution >= 0.6 is 67.9 Å². The Kier molecular flexibility index (Phi) is 4.29. The number of hydrogen-bond acceptors (Lipinski definition) is 4. The first-order chi connectivity index (χ1) is 8.43. The van der Waals surface area contributed by atoms with Crippen LogP contribution in [0, 0.1) is 7.14 Å². The second-order valence-electron chi connectivity index (χ2n) is 3.20. The van der Waals surface area contributed by atoms with Crippen molar-refractivity contribution in [2.75, 3.05) is 0 Å². The summed E-state index contributed by atoms with van der Waals surface area (Å²) in [6.07, 6.45) is 0. The molecule has 2 heterocycles. The molecule has 2 aromatic rings. The van der Waals surface area contributed by atoms with E-state index < -0.39 is 11.9 Å². The molecule has 2 N–H and O–H groups in total. The Balaban J connectivity index is 2.56. The topological polar surface area (TPSA) is 74.6 Å². The van der Waals surface area contributed by atoms with Crippen LogP contribution in [-0.2, 0) is 0 Å². The number of hydrogen-bond donors (Lipinski definition) is 2. The first-order valence-corrected chi connectivity index (χ1v) is 8.36. The van der Waals surface area contributed by atoms with Crippen molar-refractivity contribution in [1.82, 2.24) is 0 Å². The minimum Gasteiger partial charge on any atom is -0.477 e. The van der Waals surface area contributed by atoms with Crippen molar-refractivity contribution >= 4 is 79.8 Å². The maximum atomic E-state index is 11.0. The highest BCUT2D eigenvalue weighted by Crippen LogP contribution is 2.39. The van der Waals surface area contributed by atoms with Gasteiger partial charge in [0.05, 0.1) is 0 Å². The summed E-state index contributed by atoms with van der Waals surface area (Å²) in [7, 11) is 0. The summed E-state index contributed by atoms with van der Waals surface area (Å²) in [6, 6.07) is 0. The van der Waals surface area contributed by atoms with Crippen LogP contribution in [0.5, 0.6) is 0 Å². The van der Waals surface area contributed by atoms with Gasteiger partial charge in [0, 0.05) is 29.0 Å². The van der Waals surface area contributed by atoms with E-state index in [0.29, 0.717) is 7.14 Å². The van der Waals surface area contributed by atoms with Gasteiger partial charge in [-0.15, -0.1) is 22.7 Å². The van der Waals surface area contributed by atoms with Crippen molar-refractivity contribution in [1.29, 1.82) is 0 Å². The molecule has 0 aliphatic rings. The van der Waals surface area contributed by atoms with Gasteiger partial charge in [-0.05, 0) is 45.2 Å². The van der Waals surface area contributed by atoms with Crippen LogP contribution in [0.3, 0.4) is 0 Å². The lowest BCUT2D eigenvalue weighted by atomic mass is 10.1. The molecule has 0 atom stereocenters. The maximum absolute atomic E-state index is 11.0. The number of carboxylic acid groups (broad SMARTS) is 2. The Morgan fingerprint density at radius 1 is 0.889 bits per heavy atom. The predicted molar refractivity (Wildman–Crippen MR) is 87.0 cm³/mol. The summed E-state index contributed by atoms with van der Waals surface area (Å²) in [5.41, 5.74) is 1.57. The van der Waals surface area contributed by atoms with Crippen LogP contribution in [-0.4, -0.2) is 22.2 Å². The highest BCUT2D eigenvalue weighted by atomic mass is 127. The van der Waals surface area contributed by atoms with Crippen molar-refractivity contribution in [3.63, 3.8) is 0 Å². The fourth-order valence-corrected chi connectivity index (χ4v) is 5.47. The third-order valence-electron chi connectivity index (χ3n) is 2.14. The van der Waals surface area contributed by atoms with Crippen LogP contribution in [0.25, 0.3) is 11.1 Å². The van der Waals surface area contributed by atoms with Crippen LogP contribution in [0.4, 0.5) is 0 Å². The minimum absolute atomic E-state index is 0.282. The lowest BCUT2D eigenvalue weighted by Gasteiger charge is -1.98. The van der Waals surface area contributed by atoms with Gasteiger partial charge >= 0.3 is 11.9 Å². The third kappa shape index (κ3) is 2.42. The Morgan fingerprint density at radius 3 is 1.44 bits per heavy atom. The van der Waals surface area contributed by atoms with Crippen molar-refractivity contribution in [3.8, 4) is 11.1 Å². The number of halogens is 2. The quantitative estimate of drug-likeness (QED) is 0.616. The summed E-state index contributed by atoms with van der Waals surface area (Å²) >= 11 is 6.27. The summed E-state index contributed by atoms with van der Waals surface area (Å²) < 4.78 is 1.30. The molecule has 0 saturated carbocycles. The molecule has 4 nitrogen and oxygen atoms in total. The summed E-state index contributed by atoms with van der Waals surface area (Å²) in [5, 5.41) is 21.5. The van der Waals surface area contributed by atoms with Crippen LogP contribution < -0.4 is 0 Å². The minimum atomic E-state index is -0.959. The van der Waals surface area contributed by atoms with Gasteiger partial charge in [0.2, 0.25) is 0 Å². The van der Waals surface area contributed by atoms with Gasteiger partial charge in [-0.25, -0.2) is 9.59 Å². The third-order valence-corrected chi connectivity index (χ3v) is 7.05. The van der Waals surface area contributed by atoms with E-state index in [2.05, 4.69) is 0 Å². The molecule has 2 rings (SSSR count). The molecule has 0 aromatic carbocycles. The van der Waals surface area contributed by atoms with Crippen LogP contribution in [0.15, 0.2) is 10.8 Å². The first kappa shape index (κ1) is 14.2. The molecule has 2 aromatic heterocycles. The van der Waals surface area contributed by atoms with Crippen molar-refractivity contribution in [2.45, 2.75) is 0 Å². The first-order valence-electron chi connectivity index (χ1n) is 4.44. The zero-order chi connectivity index (χ0) is 13.4. The number of carbonyl (C=O) groups is 2. The zero-order valence-electron chi connectivity index (χ0n) is 8.44. The summed E-state index contributed by atoms with van der Waals surface area (Å²) in [5.74, 6) is -1.92. The molecule has 0 bridgehead atoms. The molecule has 0 spiro atoms. The second kappa shape index (κ2) is 5.43. The molecular weight excluding hydrogens is 502 g/mol. The molecule has 0 radical (unpaired) electrons. The SMILES string of the molecule is O=C(O)c1scc(-c2csc(C(=O)O)c2I)c1I. The van der Waals surface area contributed by atoms with E-state index in [9.17, 15) is 9.59 Å². The van der Waals surface area contributed by atoms with Crippen LogP contribution in [0.1, 0.15) is 19.3 Å². The second-order valence-corrected chi connectivity index (χ2v) is 7.11. The molecule has 18 heavy (non-hydrogen) atoms. The number of aromatic carboxylic acids is 2. The number of carboxylic acids is 2. The van der Waals surface area contributed by atoms with Gasteiger partial charge in [-0.2, -0.15) is 0 Å². The number of rotatable bonds is 3. The monoisotopic (exact) mass is 506 g/mol. The standard InChI is InChI=1S/C10H4I2O4S2/c11-5-3(1-17-7(5)9(13)14)4-2-18-8(6(4)12)10(15)16/h1-2H,(H,13,14)(H,15,16). The maximum Gasteiger partial charge on any atom is 0.346 e. The highest BCUT2D eigenvalue weighted by Gasteiger charge is 2.21. The molecule has 0 aliphatic heterocycles. The highest BCUT2D eigenvalue weighted by molar-refractivity contribution is 14.1. The zero-order valence-corrected chi connectivity index (χ0v) is 14.4. The van der Waals surface area contributed by atoms with Gasteiger partial charge in [-0.1, -0.05) is 0 Å². The molecular formula is C10H4I2O4S2. The van der Waals surface area contributed by atoms with E-state index in [1.54, 1.807) is 10.8 Å². The van der Waals surface area contributed by atoms with E-state index in [1.807, 2.05) is 45.2 Å². The van der Waals surface area contributed by atoms with Crippen molar-refractivity contribution < 1.29 is 19.8 Å². The van der Waals surface area contributed by atoms with Gasteiger partial charge in [0.15, 0.2) is 0 Å². The van der Waals surface area contributed by atoms with Gasteiger partial charge < -0.3 is 10.2 Å². The van der Waals surface area contributed by atoms with E-state index in [-0.39, 0.29) is 9.75 Å². The van der Waals surface area contributed by atoms with E-state index in [4.69, 9.17) is 10.2 Å². The normalized spacial score (nSPS) is 10.6. The van der Waals surface area contributed by atoms with Crippen molar-refractivity contribution in [3.05, 3.63) is 27.7 Å². The van der Waals surface area contributed by atoms with Crippen LogP contribution in [0.2, 0.25) is 0 Å². The fourth-order valence-electron chi connectivity index (χ4n) is 1.34. The van der Waals surface area contributed by atoms with Gasteiger partial charge in [0.1, 0.15) is 9.75 Å². The predicted octanol–water partition coefficient (Wildman–Crippen LogP) is 4.08. The molecule has 0 aliphatic carbocycles.